The molecule has 0 radical (unpaired) electrons. The van der Waals surface area contributed by atoms with Crippen LogP contribution in [-0.2, 0) is 0 Å². The summed E-state index contributed by atoms with van der Waals surface area (Å²) in [6.45, 7) is 0. The molecule has 0 atom stereocenters. The van der Waals surface area contributed by atoms with Crippen molar-refractivity contribution < 1.29 is 18.0 Å². The zero-order valence-electron chi connectivity index (χ0n) is 12.5. The van der Waals surface area contributed by atoms with Crippen molar-refractivity contribution in [2.75, 3.05) is 0 Å². The molecular formula is C18H10Cl2F3NO. The second kappa shape index (κ2) is 6.58. The SMILES string of the molecule is O=C(C=C(c1cc(Cl)cc(Cl)c1)C(F)(F)F)c1ccc2[nH]ccc2c1. The Balaban J connectivity index is 2.07. The number of ketones is 1. The maximum Gasteiger partial charge on any atom is 0.417 e. The normalized spacial score (nSPS) is 12.6. The third kappa shape index (κ3) is 3.89. The summed E-state index contributed by atoms with van der Waals surface area (Å²) >= 11 is 11.6. The van der Waals surface area contributed by atoms with Crippen LogP contribution in [-0.4, -0.2) is 16.9 Å². The summed E-state index contributed by atoms with van der Waals surface area (Å²) in [6.07, 6.45) is -2.48. The molecule has 1 heterocycles. The van der Waals surface area contributed by atoms with Crippen LogP contribution in [0.4, 0.5) is 13.2 Å². The maximum atomic E-state index is 13.4. The highest BCUT2D eigenvalue weighted by molar-refractivity contribution is 6.35. The molecule has 0 aliphatic heterocycles. The number of hydrogen-bond acceptors (Lipinski definition) is 1. The molecule has 0 aliphatic carbocycles. The lowest BCUT2D eigenvalue weighted by molar-refractivity contribution is -0.0689. The monoisotopic (exact) mass is 383 g/mol. The van der Waals surface area contributed by atoms with Crippen molar-refractivity contribution in [3.63, 3.8) is 0 Å². The van der Waals surface area contributed by atoms with Crippen LogP contribution in [0.5, 0.6) is 0 Å². The van der Waals surface area contributed by atoms with Crippen molar-refractivity contribution in [2.45, 2.75) is 6.18 Å². The number of carbonyl (C=O) groups is 1. The van der Waals surface area contributed by atoms with E-state index < -0.39 is 17.5 Å². The van der Waals surface area contributed by atoms with Crippen LogP contribution in [0.25, 0.3) is 16.5 Å². The zero-order chi connectivity index (χ0) is 18.2. The van der Waals surface area contributed by atoms with Crippen LogP contribution >= 0.6 is 23.2 Å². The summed E-state index contributed by atoms with van der Waals surface area (Å²) in [5.41, 5.74) is -0.419. The molecule has 1 N–H and O–H groups in total. The fourth-order valence-corrected chi connectivity index (χ4v) is 2.99. The van der Waals surface area contributed by atoms with E-state index in [1.807, 2.05) is 0 Å². The van der Waals surface area contributed by atoms with E-state index in [1.165, 1.54) is 18.2 Å². The van der Waals surface area contributed by atoms with Crippen molar-refractivity contribution in [1.82, 2.24) is 4.98 Å². The first-order chi connectivity index (χ1) is 11.7. The third-order valence-electron chi connectivity index (χ3n) is 3.59. The fourth-order valence-electron chi connectivity index (χ4n) is 2.46. The van der Waals surface area contributed by atoms with E-state index in [4.69, 9.17) is 23.2 Å². The van der Waals surface area contributed by atoms with Crippen LogP contribution < -0.4 is 0 Å². The van der Waals surface area contributed by atoms with Gasteiger partial charge in [0.05, 0.1) is 5.57 Å². The van der Waals surface area contributed by atoms with E-state index in [-0.39, 0.29) is 21.2 Å². The molecular weight excluding hydrogens is 374 g/mol. The lowest BCUT2D eigenvalue weighted by Crippen LogP contribution is -2.13. The first-order valence-corrected chi connectivity index (χ1v) is 7.86. The van der Waals surface area contributed by atoms with E-state index in [0.717, 1.165) is 23.0 Å². The fraction of sp³-hybridized carbons (Fsp3) is 0.0556. The first-order valence-electron chi connectivity index (χ1n) is 7.11. The Labute approximate surface area is 150 Å². The summed E-state index contributed by atoms with van der Waals surface area (Å²) < 4.78 is 40.3. The first kappa shape index (κ1) is 17.6. The summed E-state index contributed by atoms with van der Waals surface area (Å²) in [5.74, 6) is -0.758. The Kier molecular flexibility index (Phi) is 4.62. The van der Waals surface area contributed by atoms with Gasteiger partial charge in [0.1, 0.15) is 0 Å². The van der Waals surface area contributed by atoms with Gasteiger partial charge in [0.25, 0.3) is 0 Å². The van der Waals surface area contributed by atoms with E-state index in [0.29, 0.717) is 6.08 Å². The van der Waals surface area contributed by atoms with Gasteiger partial charge in [-0.3, -0.25) is 4.79 Å². The predicted molar refractivity (Wildman–Crippen MR) is 93.1 cm³/mol. The van der Waals surface area contributed by atoms with E-state index in [9.17, 15) is 18.0 Å². The molecule has 128 valence electrons. The number of benzene rings is 2. The predicted octanol–water partition coefficient (Wildman–Crippen LogP) is 6.30. The smallest absolute Gasteiger partial charge is 0.361 e. The molecule has 0 spiro atoms. The molecule has 0 bridgehead atoms. The summed E-state index contributed by atoms with van der Waals surface area (Å²) in [5, 5.41) is 0.844. The molecule has 7 heteroatoms. The molecule has 2 nitrogen and oxygen atoms in total. The zero-order valence-corrected chi connectivity index (χ0v) is 14.0. The number of nitrogens with one attached hydrogen (secondary N) is 1. The van der Waals surface area contributed by atoms with Gasteiger partial charge >= 0.3 is 6.18 Å². The molecule has 0 aliphatic rings. The van der Waals surface area contributed by atoms with Gasteiger partial charge in [-0.15, -0.1) is 0 Å². The highest BCUT2D eigenvalue weighted by Crippen LogP contribution is 2.36. The van der Waals surface area contributed by atoms with Crippen LogP contribution in [0, 0.1) is 0 Å². The number of aromatic amines is 1. The van der Waals surface area contributed by atoms with Crippen molar-refractivity contribution in [1.29, 1.82) is 0 Å². The van der Waals surface area contributed by atoms with Gasteiger partial charge in [-0.05, 0) is 54.1 Å². The standard InChI is InChI=1S/C18H10Cl2F3NO/c19-13-6-12(7-14(20)8-13)15(18(21,22)23)9-17(25)11-1-2-16-10(5-11)3-4-24-16/h1-9,24H. The van der Waals surface area contributed by atoms with Crippen LogP contribution in [0.2, 0.25) is 10.0 Å². The molecule has 1 aromatic heterocycles. The topological polar surface area (TPSA) is 32.9 Å². The van der Waals surface area contributed by atoms with Gasteiger partial charge in [0.15, 0.2) is 5.78 Å². The second-order valence-electron chi connectivity index (χ2n) is 5.36. The summed E-state index contributed by atoms with van der Waals surface area (Å²) in [4.78, 5) is 15.3. The summed E-state index contributed by atoms with van der Waals surface area (Å²) in [7, 11) is 0. The number of fused-ring (bicyclic) bond motifs is 1. The number of halogens is 5. The van der Waals surface area contributed by atoms with E-state index >= 15 is 0 Å². The molecule has 0 saturated carbocycles. The van der Waals surface area contributed by atoms with Gasteiger partial charge in [-0.1, -0.05) is 23.2 Å². The van der Waals surface area contributed by atoms with Crippen molar-refractivity contribution in [2.24, 2.45) is 0 Å². The third-order valence-corrected chi connectivity index (χ3v) is 4.03. The number of carbonyl (C=O) groups excluding carboxylic acids is 1. The lowest BCUT2D eigenvalue weighted by Gasteiger charge is -2.13. The van der Waals surface area contributed by atoms with Gasteiger partial charge in [0, 0.05) is 32.7 Å². The van der Waals surface area contributed by atoms with Gasteiger partial charge < -0.3 is 4.98 Å². The van der Waals surface area contributed by atoms with E-state index in [1.54, 1.807) is 18.3 Å². The van der Waals surface area contributed by atoms with Gasteiger partial charge in [-0.2, -0.15) is 13.2 Å². The minimum Gasteiger partial charge on any atom is -0.361 e. The molecule has 3 rings (SSSR count). The Morgan fingerprint density at radius 1 is 0.960 bits per heavy atom. The maximum absolute atomic E-state index is 13.4. The number of allylic oxidation sites excluding steroid dienone is 2. The van der Waals surface area contributed by atoms with Gasteiger partial charge in [0.2, 0.25) is 0 Å². The Morgan fingerprint density at radius 3 is 2.28 bits per heavy atom. The average Bonchev–Trinajstić information content (AvgIpc) is 2.97. The number of rotatable bonds is 3. The number of hydrogen-bond donors (Lipinski definition) is 1. The Morgan fingerprint density at radius 2 is 1.64 bits per heavy atom. The molecule has 0 saturated heterocycles. The van der Waals surface area contributed by atoms with Crippen molar-refractivity contribution in [3.8, 4) is 0 Å². The number of aromatic nitrogens is 1. The van der Waals surface area contributed by atoms with Crippen molar-refractivity contribution >= 4 is 45.5 Å². The largest absolute Gasteiger partial charge is 0.417 e. The Bertz CT molecular complexity index is 969. The van der Waals surface area contributed by atoms with Gasteiger partial charge in [-0.25, -0.2) is 0 Å². The highest BCUT2D eigenvalue weighted by atomic mass is 35.5. The molecule has 0 unspecified atom stereocenters. The lowest BCUT2D eigenvalue weighted by atomic mass is 10.0. The van der Waals surface area contributed by atoms with Crippen LogP contribution in [0.3, 0.4) is 0 Å². The minimum atomic E-state index is -4.73. The quantitative estimate of drug-likeness (QED) is 0.417. The van der Waals surface area contributed by atoms with Crippen LogP contribution in [0.1, 0.15) is 15.9 Å². The van der Waals surface area contributed by atoms with E-state index in [2.05, 4.69) is 4.98 Å². The molecule has 0 fully saturated rings. The van der Waals surface area contributed by atoms with Crippen molar-refractivity contribution in [3.05, 3.63) is 75.9 Å². The molecule has 25 heavy (non-hydrogen) atoms. The molecule has 0 amide bonds. The number of H-pyrrole nitrogens is 1. The average molecular weight is 384 g/mol. The second-order valence-corrected chi connectivity index (χ2v) is 6.23. The minimum absolute atomic E-state index is 0.0545. The molecule has 2 aromatic carbocycles. The molecule has 3 aromatic rings. The summed E-state index contributed by atoms with van der Waals surface area (Å²) in [6, 6.07) is 9.93. The van der Waals surface area contributed by atoms with Crippen LogP contribution in [0.15, 0.2) is 54.7 Å². The highest BCUT2D eigenvalue weighted by Gasteiger charge is 2.35. The number of alkyl halides is 3. The Hall–Kier alpha value is -2.24.